The third kappa shape index (κ3) is 2.91. The molecule has 1 aliphatic heterocycles. The summed E-state index contributed by atoms with van der Waals surface area (Å²) in [6.07, 6.45) is 4.60. The van der Waals surface area contributed by atoms with E-state index < -0.39 is 5.91 Å². The predicted molar refractivity (Wildman–Crippen MR) is 79.4 cm³/mol. The summed E-state index contributed by atoms with van der Waals surface area (Å²) in [5.41, 5.74) is 12.6. The Bertz CT molecular complexity index is 543. The van der Waals surface area contributed by atoms with Gasteiger partial charge in [-0.15, -0.1) is 0 Å². The highest BCUT2D eigenvalue weighted by Gasteiger charge is 2.40. The molecule has 21 heavy (non-hydrogen) atoms. The molecule has 1 aromatic carbocycles. The van der Waals surface area contributed by atoms with Crippen LogP contribution in [0.1, 0.15) is 36.0 Å². The number of amides is 2. The highest BCUT2D eigenvalue weighted by molar-refractivity contribution is 5.97. The lowest BCUT2D eigenvalue weighted by Gasteiger charge is -2.26. The van der Waals surface area contributed by atoms with Crippen molar-refractivity contribution in [1.29, 1.82) is 0 Å². The Morgan fingerprint density at radius 2 is 1.81 bits per heavy atom. The van der Waals surface area contributed by atoms with Gasteiger partial charge in [0, 0.05) is 23.2 Å². The number of nitrogens with one attached hydrogen (secondary N) is 3. The number of hydrazine groups is 1. The minimum absolute atomic E-state index is 0.0382. The molecule has 5 N–H and O–H groups in total. The van der Waals surface area contributed by atoms with Gasteiger partial charge in [-0.1, -0.05) is 12.8 Å². The van der Waals surface area contributed by atoms with Crippen LogP contribution in [0.2, 0.25) is 0 Å². The van der Waals surface area contributed by atoms with Gasteiger partial charge in [0.15, 0.2) is 0 Å². The Balaban J connectivity index is 1.64. The zero-order valence-corrected chi connectivity index (χ0v) is 11.8. The van der Waals surface area contributed by atoms with Gasteiger partial charge >= 0.3 is 0 Å². The summed E-state index contributed by atoms with van der Waals surface area (Å²) >= 11 is 0. The molecule has 6 nitrogen and oxygen atoms in total. The van der Waals surface area contributed by atoms with E-state index in [1.807, 2.05) is 0 Å². The molecule has 1 saturated carbocycles. The van der Waals surface area contributed by atoms with Gasteiger partial charge in [0.25, 0.3) is 0 Å². The van der Waals surface area contributed by atoms with Crippen molar-refractivity contribution in [3.8, 4) is 0 Å². The molecule has 1 heterocycles. The fraction of sp³-hybridized carbons (Fsp3) is 0.467. The number of carbonyl (C=O) groups excluding carboxylic acids is 2. The quantitative estimate of drug-likeness (QED) is 0.660. The molecule has 2 amide bonds. The van der Waals surface area contributed by atoms with Crippen LogP contribution < -0.4 is 21.9 Å². The summed E-state index contributed by atoms with van der Waals surface area (Å²) in [7, 11) is 0. The van der Waals surface area contributed by atoms with Crippen LogP contribution in [0.4, 0.5) is 5.69 Å². The van der Waals surface area contributed by atoms with Gasteiger partial charge < -0.3 is 11.1 Å². The highest BCUT2D eigenvalue weighted by atomic mass is 16.2. The van der Waals surface area contributed by atoms with Crippen molar-refractivity contribution in [2.75, 3.05) is 5.32 Å². The van der Waals surface area contributed by atoms with Crippen LogP contribution in [0.15, 0.2) is 24.3 Å². The second-order valence-corrected chi connectivity index (χ2v) is 5.75. The van der Waals surface area contributed by atoms with Crippen LogP contribution in [-0.2, 0) is 4.79 Å². The summed E-state index contributed by atoms with van der Waals surface area (Å²) < 4.78 is 0. The van der Waals surface area contributed by atoms with Gasteiger partial charge in [-0.05, 0) is 37.1 Å². The maximum atomic E-state index is 12.4. The molecule has 0 radical (unpaired) electrons. The van der Waals surface area contributed by atoms with Crippen molar-refractivity contribution >= 4 is 17.5 Å². The topological polar surface area (TPSA) is 96.2 Å². The second kappa shape index (κ2) is 5.83. The maximum absolute atomic E-state index is 12.4. The third-order valence-electron chi connectivity index (χ3n) is 4.39. The first-order valence-electron chi connectivity index (χ1n) is 7.37. The molecule has 1 aromatic rings. The van der Waals surface area contributed by atoms with Crippen LogP contribution >= 0.6 is 0 Å². The second-order valence-electron chi connectivity index (χ2n) is 5.75. The number of carbonyl (C=O) groups is 2. The normalized spacial score (nSPS) is 27.9. The minimum Gasteiger partial charge on any atom is -0.366 e. The molecule has 2 aliphatic rings. The van der Waals surface area contributed by atoms with E-state index in [-0.39, 0.29) is 11.9 Å². The van der Waals surface area contributed by atoms with E-state index in [9.17, 15) is 9.59 Å². The molecule has 6 heteroatoms. The van der Waals surface area contributed by atoms with E-state index >= 15 is 0 Å². The Hall–Kier alpha value is -1.92. The molecular formula is C15H20N4O2. The van der Waals surface area contributed by atoms with Gasteiger partial charge in [-0.2, -0.15) is 0 Å². The smallest absolute Gasteiger partial charge is 0.248 e. The Morgan fingerprint density at radius 1 is 1.10 bits per heavy atom. The number of anilines is 1. The molecule has 3 atom stereocenters. The molecular weight excluding hydrogens is 268 g/mol. The number of fused-ring (bicyclic) bond motifs is 1. The predicted octanol–water partition coefficient (Wildman–Crippen LogP) is 0.759. The van der Waals surface area contributed by atoms with E-state index in [0.717, 1.165) is 12.8 Å². The number of primary amides is 1. The zero-order valence-electron chi connectivity index (χ0n) is 11.8. The highest BCUT2D eigenvalue weighted by Crippen LogP contribution is 2.30. The molecule has 1 aliphatic carbocycles. The fourth-order valence-corrected chi connectivity index (χ4v) is 3.24. The van der Waals surface area contributed by atoms with Crippen LogP contribution in [-0.4, -0.2) is 23.9 Å². The van der Waals surface area contributed by atoms with Crippen LogP contribution in [0.3, 0.4) is 0 Å². The molecule has 1 saturated heterocycles. The van der Waals surface area contributed by atoms with Gasteiger partial charge in [-0.25, -0.2) is 5.43 Å². The van der Waals surface area contributed by atoms with Crippen molar-refractivity contribution < 1.29 is 9.59 Å². The molecule has 0 spiro atoms. The maximum Gasteiger partial charge on any atom is 0.248 e. The van der Waals surface area contributed by atoms with Crippen molar-refractivity contribution in [3.05, 3.63) is 29.8 Å². The lowest BCUT2D eigenvalue weighted by atomic mass is 9.81. The van der Waals surface area contributed by atoms with Gasteiger partial charge in [-0.3, -0.25) is 15.0 Å². The average molecular weight is 288 g/mol. The van der Waals surface area contributed by atoms with Crippen molar-refractivity contribution in [1.82, 2.24) is 10.9 Å². The number of hydrogen-bond acceptors (Lipinski definition) is 4. The average Bonchev–Trinajstić information content (AvgIpc) is 2.92. The van der Waals surface area contributed by atoms with Gasteiger partial charge in [0.05, 0.1) is 0 Å². The molecule has 3 unspecified atom stereocenters. The van der Waals surface area contributed by atoms with Gasteiger partial charge in [0.1, 0.15) is 6.04 Å². The van der Waals surface area contributed by atoms with Crippen LogP contribution in [0.5, 0.6) is 0 Å². The minimum atomic E-state index is -0.473. The zero-order chi connectivity index (χ0) is 14.8. The summed E-state index contributed by atoms with van der Waals surface area (Å²) in [6, 6.07) is 6.80. The first-order valence-corrected chi connectivity index (χ1v) is 7.37. The molecule has 3 rings (SSSR count). The Labute approximate surface area is 123 Å². The molecule has 2 fully saturated rings. The van der Waals surface area contributed by atoms with Crippen molar-refractivity contribution in [2.45, 2.75) is 37.8 Å². The lowest BCUT2D eigenvalue weighted by Crippen LogP contribution is -2.42. The Kier molecular flexibility index (Phi) is 3.90. The van der Waals surface area contributed by atoms with Crippen LogP contribution in [0.25, 0.3) is 0 Å². The van der Waals surface area contributed by atoms with E-state index in [0.29, 0.717) is 23.2 Å². The van der Waals surface area contributed by atoms with Gasteiger partial charge in [0.2, 0.25) is 11.8 Å². The number of nitrogens with two attached hydrogens (primary N) is 1. The summed E-state index contributed by atoms with van der Waals surface area (Å²) in [4.78, 5) is 23.4. The molecule has 0 bridgehead atoms. The van der Waals surface area contributed by atoms with E-state index in [1.165, 1.54) is 12.8 Å². The van der Waals surface area contributed by atoms with E-state index in [1.54, 1.807) is 24.3 Å². The lowest BCUT2D eigenvalue weighted by molar-refractivity contribution is -0.118. The number of benzene rings is 1. The summed E-state index contributed by atoms with van der Waals surface area (Å²) in [5, 5.41) is 2.89. The van der Waals surface area contributed by atoms with Crippen molar-refractivity contribution in [3.63, 3.8) is 0 Å². The third-order valence-corrected chi connectivity index (χ3v) is 4.39. The summed E-state index contributed by atoms with van der Waals surface area (Å²) in [6.45, 7) is 0. The largest absolute Gasteiger partial charge is 0.366 e. The Morgan fingerprint density at radius 3 is 2.52 bits per heavy atom. The molecule has 112 valence electrons. The van der Waals surface area contributed by atoms with E-state index in [2.05, 4.69) is 16.2 Å². The number of rotatable bonds is 3. The fourth-order valence-electron chi connectivity index (χ4n) is 3.24. The molecule has 0 aromatic heterocycles. The van der Waals surface area contributed by atoms with Crippen LogP contribution in [0, 0.1) is 5.92 Å². The standard InChI is InChI=1S/C15H20N4O2/c16-14(20)9-5-7-10(8-6-9)17-15(21)13-11-3-1-2-4-12(11)18-19-13/h5-8,11-13,18-19H,1-4H2,(H2,16,20)(H,17,21). The first-order chi connectivity index (χ1) is 10.1. The monoisotopic (exact) mass is 288 g/mol. The first kappa shape index (κ1) is 14.0. The SMILES string of the molecule is NC(=O)c1ccc(NC(=O)C2NNC3CCCCC32)cc1. The summed E-state index contributed by atoms with van der Waals surface area (Å²) in [5.74, 6) is -0.160. The van der Waals surface area contributed by atoms with E-state index in [4.69, 9.17) is 5.73 Å². The van der Waals surface area contributed by atoms with Crippen molar-refractivity contribution in [2.24, 2.45) is 11.7 Å². The number of hydrogen-bond donors (Lipinski definition) is 4.